The number of nitrogens with one attached hydrogen (secondary N) is 1. The van der Waals surface area contributed by atoms with Gasteiger partial charge in [0.05, 0.1) is 11.8 Å². The SMILES string of the molecule is Cc1cc(Br)ccc1NC(=O)CN1C(=O)[C@H]2[C@@H]3C=C[C@H]([C@H]4C[C@H]34)[C@@H]2C1=O. The van der Waals surface area contributed by atoms with Gasteiger partial charge in [0.25, 0.3) is 0 Å². The standard InChI is InChI=1S/C20H19BrN2O3/c1-9-6-10(21)2-5-15(9)22-16(24)8-23-19(25)17-11-3-4-12(14-7-13(11)14)18(17)20(23)26/h2-6,11-14,17-18H,7-8H2,1H3,(H,22,24)/t11-,12-,13-,14-,17+,18+/m1/s1. The van der Waals surface area contributed by atoms with Crippen LogP contribution in [0.5, 0.6) is 0 Å². The first-order valence-corrected chi connectivity index (χ1v) is 9.84. The molecule has 1 heterocycles. The Morgan fingerprint density at radius 2 is 1.77 bits per heavy atom. The van der Waals surface area contributed by atoms with Crippen molar-refractivity contribution in [2.45, 2.75) is 13.3 Å². The lowest BCUT2D eigenvalue weighted by molar-refractivity contribution is -0.142. The van der Waals surface area contributed by atoms with Gasteiger partial charge in [-0.15, -0.1) is 0 Å². The smallest absolute Gasteiger partial charge is 0.244 e. The van der Waals surface area contributed by atoms with Crippen molar-refractivity contribution in [3.8, 4) is 0 Å². The molecular weight excluding hydrogens is 396 g/mol. The molecule has 4 aliphatic carbocycles. The summed E-state index contributed by atoms with van der Waals surface area (Å²) >= 11 is 3.39. The fraction of sp³-hybridized carbons (Fsp3) is 0.450. The van der Waals surface area contributed by atoms with Crippen molar-refractivity contribution in [1.29, 1.82) is 0 Å². The van der Waals surface area contributed by atoms with Crippen molar-refractivity contribution in [3.63, 3.8) is 0 Å². The van der Waals surface area contributed by atoms with E-state index in [0.717, 1.165) is 16.5 Å². The molecule has 0 spiro atoms. The molecule has 1 N–H and O–H groups in total. The van der Waals surface area contributed by atoms with Crippen LogP contribution in [0.4, 0.5) is 5.69 Å². The predicted octanol–water partition coefficient (Wildman–Crippen LogP) is 2.75. The van der Waals surface area contributed by atoms with E-state index in [9.17, 15) is 14.4 Å². The number of aryl methyl sites for hydroxylation is 1. The van der Waals surface area contributed by atoms with E-state index in [1.807, 2.05) is 25.1 Å². The van der Waals surface area contributed by atoms with Gasteiger partial charge in [0.1, 0.15) is 6.54 Å². The Kier molecular flexibility index (Phi) is 3.45. The molecule has 1 saturated heterocycles. The van der Waals surface area contributed by atoms with Gasteiger partial charge in [-0.1, -0.05) is 28.1 Å². The third-order valence-corrected chi connectivity index (χ3v) is 7.01. The topological polar surface area (TPSA) is 66.5 Å². The van der Waals surface area contributed by atoms with Crippen LogP contribution in [0.15, 0.2) is 34.8 Å². The van der Waals surface area contributed by atoms with Gasteiger partial charge in [0, 0.05) is 10.2 Å². The number of amides is 3. The molecule has 2 bridgehead atoms. The van der Waals surface area contributed by atoms with Crippen molar-refractivity contribution in [2.75, 3.05) is 11.9 Å². The minimum atomic E-state index is -0.332. The highest BCUT2D eigenvalue weighted by Crippen LogP contribution is 2.65. The number of nitrogens with zero attached hydrogens (tertiary/aromatic N) is 1. The van der Waals surface area contributed by atoms with E-state index in [1.54, 1.807) is 0 Å². The van der Waals surface area contributed by atoms with Crippen LogP contribution >= 0.6 is 15.9 Å². The third-order valence-electron chi connectivity index (χ3n) is 6.52. The molecule has 3 fully saturated rings. The lowest BCUT2D eigenvalue weighted by Crippen LogP contribution is -2.40. The first-order valence-electron chi connectivity index (χ1n) is 9.05. The van der Waals surface area contributed by atoms with Crippen molar-refractivity contribution in [1.82, 2.24) is 4.90 Å². The number of halogens is 1. The molecule has 0 unspecified atom stereocenters. The maximum atomic E-state index is 12.9. The first kappa shape index (κ1) is 16.2. The largest absolute Gasteiger partial charge is 0.324 e. The maximum absolute atomic E-state index is 12.9. The minimum Gasteiger partial charge on any atom is -0.324 e. The Bertz CT molecular complexity index is 844. The fourth-order valence-electron chi connectivity index (χ4n) is 5.28. The fourth-order valence-corrected chi connectivity index (χ4v) is 5.75. The average molecular weight is 415 g/mol. The number of anilines is 1. The van der Waals surface area contributed by atoms with Crippen molar-refractivity contribution >= 4 is 39.3 Å². The zero-order valence-corrected chi connectivity index (χ0v) is 15.9. The summed E-state index contributed by atoms with van der Waals surface area (Å²) in [6, 6.07) is 5.56. The summed E-state index contributed by atoms with van der Waals surface area (Å²) in [5.74, 6) is 0.374. The molecule has 6 rings (SSSR count). The molecule has 3 amide bonds. The maximum Gasteiger partial charge on any atom is 0.244 e. The van der Waals surface area contributed by atoms with E-state index in [0.29, 0.717) is 17.5 Å². The number of imide groups is 1. The number of carbonyl (C=O) groups excluding carboxylic acids is 3. The second kappa shape index (κ2) is 5.52. The Morgan fingerprint density at radius 3 is 2.35 bits per heavy atom. The summed E-state index contributed by atoms with van der Waals surface area (Å²) in [6.07, 6.45) is 5.42. The van der Waals surface area contributed by atoms with Gasteiger partial charge in [0.15, 0.2) is 0 Å². The average Bonchev–Trinajstić information content (AvgIpc) is 3.39. The number of carbonyl (C=O) groups is 3. The number of allylic oxidation sites excluding steroid dienone is 2. The van der Waals surface area contributed by atoms with Crippen LogP contribution in [0.1, 0.15) is 12.0 Å². The highest BCUT2D eigenvalue weighted by Gasteiger charge is 2.67. The van der Waals surface area contributed by atoms with Crippen LogP contribution < -0.4 is 5.32 Å². The monoisotopic (exact) mass is 414 g/mol. The van der Waals surface area contributed by atoms with E-state index >= 15 is 0 Å². The molecule has 5 aliphatic rings. The Morgan fingerprint density at radius 1 is 1.15 bits per heavy atom. The van der Waals surface area contributed by atoms with Crippen LogP contribution in [0, 0.1) is 42.4 Å². The van der Waals surface area contributed by atoms with Gasteiger partial charge in [-0.3, -0.25) is 19.3 Å². The van der Waals surface area contributed by atoms with Crippen molar-refractivity contribution in [3.05, 3.63) is 40.4 Å². The van der Waals surface area contributed by atoms with E-state index < -0.39 is 0 Å². The van der Waals surface area contributed by atoms with Crippen LogP contribution in [-0.2, 0) is 14.4 Å². The number of likely N-dealkylation sites (tertiary alicyclic amines) is 1. The second-order valence-corrected chi connectivity index (χ2v) is 8.84. The molecule has 1 aromatic carbocycles. The normalized spacial score (nSPS) is 36.2. The third kappa shape index (κ3) is 2.24. The molecule has 6 atom stereocenters. The highest BCUT2D eigenvalue weighted by molar-refractivity contribution is 9.10. The molecule has 0 aromatic heterocycles. The van der Waals surface area contributed by atoms with Gasteiger partial charge in [-0.2, -0.15) is 0 Å². The summed E-state index contributed by atoms with van der Waals surface area (Å²) in [5.41, 5.74) is 1.61. The number of rotatable bonds is 3. The molecule has 1 aliphatic heterocycles. The Hall–Kier alpha value is -1.95. The van der Waals surface area contributed by atoms with Crippen LogP contribution in [-0.4, -0.2) is 29.2 Å². The van der Waals surface area contributed by atoms with Crippen molar-refractivity contribution in [2.24, 2.45) is 35.5 Å². The van der Waals surface area contributed by atoms with Crippen LogP contribution in [0.3, 0.4) is 0 Å². The summed E-state index contributed by atoms with van der Waals surface area (Å²) in [7, 11) is 0. The van der Waals surface area contributed by atoms with Crippen LogP contribution in [0.2, 0.25) is 0 Å². The summed E-state index contributed by atoms with van der Waals surface area (Å²) < 4.78 is 0.934. The molecule has 6 heteroatoms. The first-order chi connectivity index (χ1) is 12.5. The van der Waals surface area contributed by atoms with Crippen LogP contribution in [0.25, 0.3) is 0 Å². The highest BCUT2D eigenvalue weighted by atomic mass is 79.9. The molecule has 1 aromatic rings. The summed E-state index contributed by atoms with van der Waals surface area (Å²) in [5, 5.41) is 2.82. The Balaban J connectivity index is 1.33. The number of hydrogen-bond acceptors (Lipinski definition) is 3. The lowest BCUT2D eigenvalue weighted by Gasteiger charge is -2.37. The number of hydrogen-bond donors (Lipinski definition) is 1. The summed E-state index contributed by atoms with van der Waals surface area (Å²) in [6.45, 7) is 1.70. The van der Waals surface area contributed by atoms with E-state index in [2.05, 4.69) is 33.4 Å². The van der Waals surface area contributed by atoms with Gasteiger partial charge in [0.2, 0.25) is 17.7 Å². The molecule has 0 radical (unpaired) electrons. The molecule has 2 saturated carbocycles. The minimum absolute atomic E-state index is 0.160. The number of benzene rings is 1. The quantitative estimate of drug-likeness (QED) is 0.610. The molecule has 134 valence electrons. The Labute approximate surface area is 159 Å². The van der Waals surface area contributed by atoms with Gasteiger partial charge in [-0.25, -0.2) is 0 Å². The van der Waals surface area contributed by atoms with E-state index in [1.165, 1.54) is 4.90 Å². The van der Waals surface area contributed by atoms with Gasteiger partial charge < -0.3 is 5.32 Å². The van der Waals surface area contributed by atoms with Gasteiger partial charge in [-0.05, 0) is 60.8 Å². The summed E-state index contributed by atoms with van der Waals surface area (Å²) in [4.78, 5) is 39.4. The molecule has 5 nitrogen and oxygen atoms in total. The van der Waals surface area contributed by atoms with Gasteiger partial charge >= 0.3 is 0 Å². The van der Waals surface area contributed by atoms with Crippen molar-refractivity contribution < 1.29 is 14.4 Å². The van der Waals surface area contributed by atoms with E-state index in [4.69, 9.17) is 0 Å². The zero-order valence-electron chi connectivity index (χ0n) is 14.3. The zero-order chi connectivity index (χ0) is 18.2. The molecular formula is C20H19BrN2O3. The molecule has 26 heavy (non-hydrogen) atoms. The van der Waals surface area contributed by atoms with E-state index in [-0.39, 0.29) is 47.9 Å². The second-order valence-electron chi connectivity index (χ2n) is 7.92. The predicted molar refractivity (Wildman–Crippen MR) is 98.9 cm³/mol. The lowest BCUT2D eigenvalue weighted by atomic mass is 9.63.